The Morgan fingerprint density at radius 2 is 1.60 bits per heavy atom. The Hall–Kier alpha value is -5.27. The molecule has 2 bridgehead atoms. The van der Waals surface area contributed by atoms with Gasteiger partial charge in [0.1, 0.15) is 17.8 Å². The number of methoxy groups -OCH3 is 1. The van der Waals surface area contributed by atoms with Gasteiger partial charge in [0.15, 0.2) is 6.61 Å². The van der Waals surface area contributed by atoms with Gasteiger partial charge in [-0.15, -0.1) is 0 Å². The van der Waals surface area contributed by atoms with Crippen molar-refractivity contribution < 1.29 is 33.4 Å². The number of ether oxygens (including phenoxy) is 2. The summed E-state index contributed by atoms with van der Waals surface area (Å²) in [6.45, 7) is 4.73. The molecule has 3 aromatic carbocycles. The number of nitrogens with one attached hydrogen (secondary N) is 3. The lowest BCUT2D eigenvalue weighted by atomic mass is 9.93. The molecule has 3 N–H and O–H groups in total. The number of benzene rings is 3. The first-order chi connectivity index (χ1) is 26.4. The van der Waals surface area contributed by atoms with Crippen molar-refractivity contribution in [2.45, 2.75) is 57.3 Å². The van der Waals surface area contributed by atoms with Crippen molar-refractivity contribution >= 4 is 29.5 Å². The molecule has 2 heterocycles. The lowest BCUT2D eigenvalue weighted by Gasteiger charge is -2.29. The summed E-state index contributed by atoms with van der Waals surface area (Å²) < 4.78 is 11.2. The first-order valence-electron chi connectivity index (χ1n) is 18.9. The molecule has 5 rings (SSSR count). The van der Waals surface area contributed by atoms with Crippen LogP contribution in [0.2, 0.25) is 0 Å². The molecular weight excluding hydrogens is 700 g/mol. The van der Waals surface area contributed by atoms with Crippen LogP contribution in [0.25, 0.3) is 0 Å². The first kappa shape index (κ1) is 40.9. The normalized spacial score (nSPS) is 21.3. The maximum atomic E-state index is 14.3. The minimum absolute atomic E-state index is 0.0509. The zero-order chi connectivity index (χ0) is 39.5. The lowest BCUT2D eigenvalue weighted by Crippen LogP contribution is -2.56. The Kier molecular flexibility index (Phi) is 14.4. The van der Waals surface area contributed by atoms with Crippen LogP contribution in [0.4, 0.5) is 0 Å². The Morgan fingerprint density at radius 1 is 0.873 bits per heavy atom. The van der Waals surface area contributed by atoms with Gasteiger partial charge < -0.3 is 40.1 Å². The van der Waals surface area contributed by atoms with Crippen molar-refractivity contribution in [2.75, 3.05) is 60.6 Å². The summed E-state index contributed by atoms with van der Waals surface area (Å²) >= 11 is 0. The fourth-order valence-corrected chi connectivity index (χ4v) is 7.11. The number of carbonyl (C=O) groups is 5. The molecule has 13 nitrogen and oxygen atoms in total. The molecule has 1 fully saturated rings. The molecule has 1 saturated heterocycles. The number of hydrogen-bond acceptors (Lipinski definition) is 8. The molecule has 0 unspecified atom stereocenters. The van der Waals surface area contributed by atoms with Crippen molar-refractivity contribution in [3.05, 3.63) is 101 Å². The van der Waals surface area contributed by atoms with Crippen LogP contribution in [0.15, 0.2) is 78.9 Å². The van der Waals surface area contributed by atoms with E-state index in [1.165, 1.54) is 12.0 Å². The number of nitrogens with zero attached hydrogens (tertiary/aromatic N) is 3. The minimum Gasteiger partial charge on any atom is -0.484 e. The molecule has 5 amide bonds. The van der Waals surface area contributed by atoms with Crippen molar-refractivity contribution in [3.63, 3.8) is 0 Å². The lowest BCUT2D eigenvalue weighted by molar-refractivity contribution is -0.141. The second-order valence-electron chi connectivity index (χ2n) is 15.0. The highest BCUT2D eigenvalue weighted by atomic mass is 16.5. The van der Waals surface area contributed by atoms with E-state index in [1.807, 2.05) is 101 Å². The van der Waals surface area contributed by atoms with Crippen molar-refractivity contribution in [3.8, 4) is 5.75 Å². The topological polar surface area (TPSA) is 150 Å². The van der Waals surface area contributed by atoms with Crippen molar-refractivity contribution in [1.29, 1.82) is 0 Å². The number of likely N-dealkylation sites (tertiary alicyclic amines) is 1. The summed E-state index contributed by atoms with van der Waals surface area (Å²) in [4.78, 5) is 74.4. The summed E-state index contributed by atoms with van der Waals surface area (Å²) in [5.74, 6) is -1.88. The fraction of sp³-hybridized carbons (Fsp3) is 0.452. The molecule has 0 aromatic heterocycles. The van der Waals surface area contributed by atoms with E-state index in [-0.39, 0.29) is 57.0 Å². The molecule has 2 aliphatic heterocycles. The molecule has 2 aliphatic rings. The highest BCUT2D eigenvalue weighted by molar-refractivity contribution is 5.95. The predicted octanol–water partition coefficient (Wildman–Crippen LogP) is 2.60. The van der Waals surface area contributed by atoms with E-state index in [1.54, 1.807) is 11.0 Å². The molecule has 0 spiro atoms. The second kappa shape index (κ2) is 19.4. The fourth-order valence-electron chi connectivity index (χ4n) is 7.11. The molecule has 3 aromatic rings. The smallest absolute Gasteiger partial charge is 0.258 e. The molecule has 55 heavy (non-hydrogen) atoms. The van der Waals surface area contributed by atoms with Crippen LogP contribution >= 0.6 is 0 Å². The Morgan fingerprint density at radius 3 is 2.29 bits per heavy atom. The molecule has 0 radical (unpaired) electrons. The van der Waals surface area contributed by atoms with Gasteiger partial charge in [-0.05, 0) is 67.4 Å². The van der Waals surface area contributed by atoms with Crippen LogP contribution in [0.5, 0.6) is 5.75 Å². The van der Waals surface area contributed by atoms with Crippen LogP contribution in [-0.4, -0.2) is 123 Å². The average molecular weight is 755 g/mol. The van der Waals surface area contributed by atoms with E-state index in [4.69, 9.17) is 9.47 Å². The van der Waals surface area contributed by atoms with Gasteiger partial charge in [0.2, 0.25) is 17.7 Å². The van der Waals surface area contributed by atoms with Crippen molar-refractivity contribution in [1.82, 2.24) is 30.7 Å². The van der Waals surface area contributed by atoms with Crippen LogP contribution in [0.1, 0.15) is 53.2 Å². The van der Waals surface area contributed by atoms with E-state index in [0.29, 0.717) is 24.3 Å². The number of fused-ring (bicyclic) bond motifs is 4. The predicted molar refractivity (Wildman–Crippen MR) is 208 cm³/mol. The summed E-state index contributed by atoms with van der Waals surface area (Å²) in [5.41, 5.74) is 3.27. The summed E-state index contributed by atoms with van der Waals surface area (Å²) in [6, 6.07) is 21.8. The van der Waals surface area contributed by atoms with E-state index in [0.717, 1.165) is 23.2 Å². The maximum Gasteiger partial charge on any atom is 0.258 e. The second-order valence-corrected chi connectivity index (χ2v) is 15.0. The van der Waals surface area contributed by atoms with Gasteiger partial charge >= 0.3 is 0 Å². The van der Waals surface area contributed by atoms with Gasteiger partial charge in [-0.3, -0.25) is 24.0 Å². The van der Waals surface area contributed by atoms with Crippen molar-refractivity contribution in [2.24, 2.45) is 5.92 Å². The van der Waals surface area contributed by atoms with Gasteiger partial charge in [0.25, 0.3) is 11.8 Å². The zero-order valence-electron chi connectivity index (χ0n) is 32.5. The monoisotopic (exact) mass is 754 g/mol. The standard InChI is InChI=1S/C42H54N6O7/c1-28(2)20-36-42(53)47(18-19-54-5)26-38(49)43-35(21-29-10-7-6-8-11-29)40(51)45-37-25-48(41(52)31-16-14-30(15-17-31)23-46(3)4)24-34(37)32-12-9-13-33(22-32)55-27-39(50)44-36/h6-17,22,28,34-37H,18-21,23-27H2,1-5H3,(H,43,49)(H,44,50)(H,45,51)/t34-,35-,36+,37+/m0/s1. The van der Waals surface area contributed by atoms with E-state index in [2.05, 4.69) is 20.9 Å². The molecule has 0 saturated carbocycles. The van der Waals surface area contributed by atoms with Gasteiger partial charge in [0.05, 0.1) is 19.2 Å². The van der Waals surface area contributed by atoms with Gasteiger partial charge in [-0.1, -0.05) is 68.4 Å². The highest BCUT2D eigenvalue weighted by Gasteiger charge is 2.39. The van der Waals surface area contributed by atoms with Gasteiger partial charge in [-0.25, -0.2) is 0 Å². The van der Waals surface area contributed by atoms with Crippen LogP contribution < -0.4 is 20.7 Å². The third-order valence-corrected chi connectivity index (χ3v) is 9.78. The van der Waals surface area contributed by atoms with E-state index in [9.17, 15) is 24.0 Å². The Bertz CT molecular complexity index is 1780. The molecule has 0 aliphatic carbocycles. The first-order valence-corrected chi connectivity index (χ1v) is 18.9. The minimum atomic E-state index is -0.997. The summed E-state index contributed by atoms with van der Waals surface area (Å²) in [5, 5.41) is 8.90. The third kappa shape index (κ3) is 11.6. The van der Waals surface area contributed by atoms with Gasteiger partial charge in [0, 0.05) is 51.2 Å². The largest absolute Gasteiger partial charge is 0.484 e. The van der Waals surface area contributed by atoms with Crippen LogP contribution in [0.3, 0.4) is 0 Å². The number of carbonyl (C=O) groups excluding carboxylic acids is 5. The van der Waals surface area contributed by atoms with Crippen LogP contribution in [0, 0.1) is 5.92 Å². The number of hydrogen-bond donors (Lipinski definition) is 3. The zero-order valence-corrected chi connectivity index (χ0v) is 32.5. The average Bonchev–Trinajstić information content (AvgIpc) is 3.58. The molecule has 4 atom stereocenters. The third-order valence-electron chi connectivity index (χ3n) is 9.78. The molecule has 13 heteroatoms. The van der Waals surface area contributed by atoms with E-state index >= 15 is 0 Å². The molecule has 294 valence electrons. The molecular formula is C42H54N6O7. The maximum absolute atomic E-state index is 14.3. The number of rotatable bonds is 10. The van der Waals surface area contributed by atoms with Crippen LogP contribution in [-0.2, 0) is 36.9 Å². The van der Waals surface area contributed by atoms with Gasteiger partial charge in [-0.2, -0.15) is 0 Å². The Balaban J connectivity index is 1.49. The Labute approximate surface area is 323 Å². The number of amides is 5. The SMILES string of the molecule is COCCN1CC(=O)N[C@@H](Cc2ccccc2)C(=O)N[C@@H]2CN(C(=O)c3ccc(CN(C)C)cc3)C[C@H]2c2cccc(c2)OCC(=O)N[C@H](CC(C)C)C1=O. The summed E-state index contributed by atoms with van der Waals surface area (Å²) in [7, 11) is 5.47. The quantitative estimate of drug-likeness (QED) is 0.286. The summed E-state index contributed by atoms with van der Waals surface area (Å²) in [6.07, 6.45) is 0.530. The highest BCUT2D eigenvalue weighted by Crippen LogP contribution is 2.31. The van der Waals surface area contributed by atoms with E-state index < -0.39 is 41.8 Å².